The van der Waals surface area contributed by atoms with E-state index in [1.165, 1.54) is 11.1 Å². The van der Waals surface area contributed by atoms with Gasteiger partial charge in [-0.15, -0.1) is 0 Å². The van der Waals surface area contributed by atoms with Crippen LogP contribution in [0.1, 0.15) is 25.5 Å². The molecular weight excluding hydrogens is 236 g/mol. The van der Waals surface area contributed by atoms with Crippen molar-refractivity contribution in [2.75, 3.05) is 13.7 Å². The predicted octanol–water partition coefficient (Wildman–Crippen LogP) is 3.93. The predicted molar refractivity (Wildman–Crippen MR) is 81.4 cm³/mol. The van der Waals surface area contributed by atoms with Crippen LogP contribution in [0.5, 0.6) is 5.75 Å². The fourth-order valence-corrected chi connectivity index (χ4v) is 1.93. The molecule has 2 rings (SSSR count). The highest BCUT2D eigenvalue weighted by molar-refractivity contribution is 5.82. The van der Waals surface area contributed by atoms with Gasteiger partial charge in [0.15, 0.2) is 0 Å². The normalized spacial score (nSPS) is 11.6. The largest absolute Gasteiger partial charge is 0.489 e. The van der Waals surface area contributed by atoms with E-state index < -0.39 is 0 Å². The third-order valence-corrected chi connectivity index (χ3v) is 2.97. The Morgan fingerprint density at radius 2 is 2.21 bits per heavy atom. The number of nitrogens with one attached hydrogen (secondary N) is 1. The molecule has 0 atom stereocenters. The van der Waals surface area contributed by atoms with E-state index in [0.29, 0.717) is 12.5 Å². The first-order chi connectivity index (χ1) is 9.10. The first kappa shape index (κ1) is 13.4. The summed E-state index contributed by atoms with van der Waals surface area (Å²) >= 11 is 0. The maximum Gasteiger partial charge on any atom is 0.121 e. The zero-order valence-electron chi connectivity index (χ0n) is 11.7. The molecule has 0 fully saturated rings. The van der Waals surface area contributed by atoms with Crippen LogP contribution in [0.4, 0.5) is 0 Å². The SMILES string of the molecule is C=C(C=NC)COc1ccc2cc(C(C)C)[nH]c2c1. The molecule has 0 saturated carbocycles. The average Bonchev–Trinajstić information content (AvgIpc) is 2.80. The molecule has 1 heterocycles. The molecule has 0 spiro atoms. The van der Waals surface area contributed by atoms with Crippen LogP contribution in [0.2, 0.25) is 0 Å². The molecule has 0 amide bonds. The Morgan fingerprint density at radius 1 is 1.42 bits per heavy atom. The number of H-pyrrole nitrogens is 1. The lowest BCUT2D eigenvalue weighted by Crippen LogP contribution is -2.00. The molecule has 3 heteroatoms. The lowest BCUT2D eigenvalue weighted by atomic mass is 10.1. The van der Waals surface area contributed by atoms with Crippen molar-refractivity contribution >= 4 is 17.1 Å². The number of rotatable bonds is 5. The highest BCUT2D eigenvalue weighted by atomic mass is 16.5. The van der Waals surface area contributed by atoms with Crippen LogP contribution in [0, 0.1) is 0 Å². The second kappa shape index (κ2) is 5.74. The number of hydrogen-bond donors (Lipinski definition) is 1. The van der Waals surface area contributed by atoms with E-state index in [-0.39, 0.29) is 0 Å². The van der Waals surface area contributed by atoms with Crippen molar-refractivity contribution in [3.63, 3.8) is 0 Å². The second-order valence-corrected chi connectivity index (χ2v) is 4.96. The molecule has 0 aliphatic rings. The molecule has 100 valence electrons. The number of ether oxygens (including phenoxy) is 1. The number of hydrogen-bond acceptors (Lipinski definition) is 2. The highest BCUT2D eigenvalue weighted by Crippen LogP contribution is 2.24. The summed E-state index contributed by atoms with van der Waals surface area (Å²) in [4.78, 5) is 7.33. The summed E-state index contributed by atoms with van der Waals surface area (Å²) in [6, 6.07) is 8.27. The Morgan fingerprint density at radius 3 is 2.89 bits per heavy atom. The zero-order valence-corrected chi connectivity index (χ0v) is 11.7. The van der Waals surface area contributed by atoms with Crippen molar-refractivity contribution < 1.29 is 4.74 Å². The number of nitrogens with zero attached hydrogens (tertiary/aromatic N) is 1. The fourth-order valence-electron chi connectivity index (χ4n) is 1.93. The van der Waals surface area contributed by atoms with Crippen molar-refractivity contribution in [1.82, 2.24) is 4.98 Å². The van der Waals surface area contributed by atoms with Crippen molar-refractivity contribution in [2.24, 2.45) is 4.99 Å². The minimum absolute atomic E-state index is 0.459. The maximum absolute atomic E-state index is 5.69. The van der Waals surface area contributed by atoms with Crippen LogP contribution in [-0.4, -0.2) is 24.9 Å². The number of aromatic nitrogens is 1. The summed E-state index contributed by atoms with van der Waals surface area (Å²) in [5.41, 5.74) is 3.21. The van der Waals surface area contributed by atoms with Gasteiger partial charge in [-0.25, -0.2) is 0 Å². The molecule has 0 saturated heterocycles. The van der Waals surface area contributed by atoms with E-state index in [1.54, 1.807) is 13.3 Å². The number of aromatic amines is 1. The fraction of sp³-hybridized carbons (Fsp3) is 0.312. The van der Waals surface area contributed by atoms with Crippen molar-refractivity contribution in [3.05, 3.63) is 42.1 Å². The topological polar surface area (TPSA) is 37.4 Å². The highest BCUT2D eigenvalue weighted by Gasteiger charge is 2.05. The van der Waals surface area contributed by atoms with E-state index in [9.17, 15) is 0 Å². The van der Waals surface area contributed by atoms with E-state index in [2.05, 4.69) is 42.5 Å². The van der Waals surface area contributed by atoms with Gasteiger partial charge in [0.25, 0.3) is 0 Å². The van der Waals surface area contributed by atoms with Gasteiger partial charge >= 0.3 is 0 Å². The summed E-state index contributed by atoms with van der Waals surface area (Å²) in [7, 11) is 1.73. The lowest BCUT2D eigenvalue weighted by molar-refractivity contribution is 0.359. The molecule has 1 aromatic heterocycles. The molecule has 0 unspecified atom stereocenters. The number of fused-ring (bicyclic) bond motifs is 1. The molecule has 0 aliphatic heterocycles. The second-order valence-electron chi connectivity index (χ2n) is 4.96. The van der Waals surface area contributed by atoms with Crippen molar-refractivity contribution in [1.29, 1.82) is 0 Å². The first-order valence-corrected chi connectivity index (χ1v) is 6.45. The van der Waals surface area contributed by atoms with Crippen LogP contribution in [-0.2, 0) is 0 Å². The van der Waals surface area contributed by atoms with Crippen LogP contribution in [0.15, 0.2) is 41.4 Å². The van der Waals surface area contributed by atoms with Gasteiger partial charge in [0.05, 0.1) is 0 Å². The molecular formula is C16H20N2O. The molecule has 0 radical (unpaired) electrons. The van der Waals surface area contributed by atoms with Crippen LogP contribution in [0.3, 0.4) is 0 Å². The van der Waals surface area contributed by atoms with Gasteiger partial charge in [0, 0.05) is 30.5 Å². The average molecular weight is 256 g/mol. The smallest absolute Gasteiger partial charge is 0.121 e. The first-order valence-electron chi connectivity index (χ1n) is 6.45. The molecule has 0 bridgehead atoms. The van der Waals surface area contributed by atoms with Gasteiger partial charge in [-0.3, -0.25) is 4.99 Å². The van der Waals surface area contributed by atoms with Crippen LogP contribution in [0.25, 0.3) is 10.9 Å². The minimum atomic E-state index is 0.459. The van der Waals surface area contributed by atoms with Crippen LogP contribution >= 0.6 is 0 Å². The molecule has 1 N–H and O–H groups in total. The quantitative estimate of drug-likeness (QED) is 0.809. The number of benzene rings is 1. The Bertz CT molecular complexity index is 608. The zero-order chi connectivity index (χ0) is 13.8. The molecule has 3 nitrogen and oxygen atoms in total. The Labute approximate surface area is 114 Å². The molecule has 1 aromatic carbocycles. The number of aliphatic imine (C=N–C) groups is 1. The summed E-state index contributed by atoms with van der Waals surface area (Å²) < 4.78 is 5.69. The summed E-state index contributed by atoms with van der Waals surface area (Å²) in [5, 5.41) is 1.21. The summed E-state index contributed by atoms with van der Waals surface area (Å²) in [6.07, 6.45) is 1.71. The Kier molecular flexibility index (Phi) is 4.05. The van der Waals surface area contributed by atoms with Crippen LogP contribution < -0.4 is 4.74 Å². The van der Waals surface area contributed by atoms with Crippen molar-refractivity contribution in [2.45, 2.75) is 19.8 Å². The molecule has 19 heavy (non-hydrogen) atoms. The van der Waals surface area contributed by atoms with Gasteiger partial charge in [0.1, 0.15) is 12.4 Å². The van der Waals surface area contributed by atoms with E-state index in [4.69, 9.17) is 4.74 Å². The third kappa shape index (κ3) is 3.25. The lowest BCUT2D eigenvalue weighted by Gasteiger charge is -2.05. The standard InChI is InChI=1S/C16H20N2O/c1-11(2)15-7-13-5-6-14(8-16(13)18-15)19-10-12(3)9-17-4/h5-9,11,18H,3,10H2,1-2,4H3. The van der Waals surface area contributed by atoms with Gasteiger partial charge < -0.3 is 9.72 Å². The monoisotopic (exact) mass is 256 g/mol. The minimum Gasteiger partial charge on any atom is -0.489 e. The van der Waals surface area contributed by atoms with E-state index in [0.717, 1.165) is 16.8 Å². The van der Waals surface area contributed by atoms with E-state index in [1.807, 2.05) is 12.1 Å². The Hall–Kier alpha value is -2.03. The summed E-state index contributed by atoms with van der Waals surface area (Å²) in [6.45, 7) is 8.68. The van der Waals surface area contributed by atoms with Crippen molar-refractivity contribution in [3.8, 4) is 5.75 Å². The van der Waals surface area contributed by atoms with Gasteiger partial charge in [-0.2, -0.15) is 0 Å². The van der Waals surface area contributed by atoms with Gasteiger partial charge in [-0.05, 0) is 35.1 Å². The molecule has 2 aromatic rings. The van der Waals surface area contributed by atoms with Gasteiger partial charge in [-0.1, -0.05) is 20.4 Å². The van der Waals surface area contributed by atoms with E-state index >= 15 is 0 Å². The van der Waals surface area contributed by atoms with Gasteiger partial charge in [0.2, 0.25) is 0 Å². The molecule has 0 aliphatic carbocycles. The summed E-state index contributed by atoms with van der Waals surface area (Å²) in [5.74, 6) is 1.34. The maximum atomic E-state index is 5.69. The Balaban J connectivity index is 2.14. The third-order valence-electron chi connectivity index (χ3n) is 2.97.